The molecule has 0 aliphatic rings. The zero-order valence-corrected chi connectivity index (χ0v) is 21.9. The summed E-state index contributed by atoms with van der Waals surface area (Å²) in [5, 5.41) is 3.02. The lowest BCUT2D eigenvalue weighted by Gasteiger charge is -2.31. The van der Waals surface area contributed by atoms with E-state index < -0.39 is 6.04 Å². The molecule has 3 rings (SSSR count). The summed E-state index contributed by atoms with van der Waals surface area (Å²) >= 11 is 5.03. The lowest BCUT2D eigenvalue weighted by molar-refractivity contribution is -0.139. The predicted octanol–water partition coefficient (Wildman–Crippen LogP) is 5.85. The molecule has 0 saturated carbocycles. The number of rotatable bonds is 12. The fourth-order valence-electron chi connectivity index (χ4n) is 3.62. The monoisotopic (exact) mass is 538 g/mol. The van der Waals surface area contributed by atoms with Crippen molar-refractivity contribution in [1.29, 1.82) is 0 Å². The summed E-state index contributed by atoms with van der Waals surface area (Å²) in [5.41, 5.74) is 3.21. The van der Waals surface area contributed by atoms with Gasteiger partial charge >= 0.3 is 0 Å². The van der Waals surface area contributed by atoms with Crippen LogP contribution < -0.4 is 5.32 Å². The summed E-state index contributed by atoms with van der Waals surface area (Å²) in [6.45, 7) is 3.02. The number of nitrogens with zero attached hydrogens (tertiary/aromatic N) is 1. The topological polar surface area (TPSA) is 49.4 Å². The quantitative estimate of drug-likeness (QED) is 0.314. The van der Waals surface area contributed by atoms with Gasteiger partial charge in [0.05, 0.1) is 5.75 Å². The summed E-state index contributed by atoms with van der Waals surface area (Å²) in [6.07, 6.45) is 1.33. The van der Waals surface area contributed by atoms with Crippen LogP contribution in [0.15, 0.2) is 89.4 Å². The maximum absolute atomic E-state index is 13.5. The van der Waals surface area contributed by atoms with Gasteiger partial charge in [0.25, 0.3) is 0 Å². The van der Waals surface area contributed by atoms with Gasteiger partial charge in [-0.15, -0.1) is 11.8 Å². The molecule has 2 amide bonds. The number of halogens is 1. The molecular formula is C28H31BrN2O2S. The SMILES string of the molecule is CCCNC(=O)C(Cc1ccccc1)N(Cc1ccccc1)C(=O)CSCc1ccc(Br)cc1. The van der Waals surface area contributed by atoms with E-state index in [0.29, 0.717) is 25.3 Å². The van der Waals surface area contributed by atoms with E-state index in [9.17, 15) is 9.59 Å². The van der Waals surface area contributed by atoms with Gasteiger partial charge in [-0.1, -0.05) is 95.7 Å². The standard InChI is InChI=1S/C28H31BrN2O2S/c1-2-17-30-28(33)26(18-22-9-5-3-6-10-22)31(19-23-11-7-4-8-12-23)27(32)21-34-20-24-13-15-25(29)16-14-24/h3-16,26H,2,17-21H2,1H3,(H,30,33). The number of hydrogen-bond acceptors (Lipinski definition) is 3. The molecule has 0 fully saturated rings. The van der Waals surface area contributed by atoms with Crippen LogP contribution in [0.5, 0.6) is 0 Å². The van der Waals surface area contributed by atoms with Crippen molar-refractivity contribution in [2.24, 2.45) is 0 Å². The highest BCUT2D eigenvalue weighted by Gasteiger charge is 2.30. The summed E-state index contributed by atoms with van der Waals surface area (Å²) in [6, 6.07) is 27.3. The molecule has 0 spiro atoms. The average molecular weight is 540 g/mol. The molecule has 0 radical (unpaired) electrons. The van der Waals surface area contributed by atoms with Gasteiger partial charge in [0.1, 0.15) is 6.04 Å². The van der Waals surface area contributed by atoms with Crippen molar-refractivity contribution in [2.45, 2.75) is 38.1 Å². The molecule has 178 valence electrons. The number of amides is 2. The van der Waals surface area contributed by atoms with Gasteiger partial charge in [0.2, 0.25) is 11.8 Å². The second kappa shape index (κ2) is 14.0. The summed E-state index contributed by atoms with van der Waals surface area (Å²) < 4.78 is 1.04. The molecule has 0 aliphatic heterocycles. The minimum Gasteiger partial charge on any atom is -0.354 e. The Morgan fingerprint density at radius 3 is 2.12 bits per heavy atom. The molecule has 4 nitrogen and oxygen atoms in total. The Morgan fingerprint density at radius 2 is 1.50 bits per heavy atom. The molecule has 34 heavy (non-hydrogen) atoms. The molecule has 1 atom stereocenters. The van der Waals surface area contributed by atoms with E-state index in [2.05, 4.69) is 33.4 Å². The van der Waals surface area contributed by atoms with Gasteiger partial charge in [0, 0.05) is 29.7 Å². The van der Waals surface area contributed by atoms with Crippen LogP contribution in [0.25, 0.3) is 0 Å². The number of thioether (sulfide) groups is 1. The normalized spacial score (nSPS) is 11.6. The van der Waals surface area contributed by atoms with Crippen LogP contribution in [0.1, 0.15) is 30.0 Å². The lowest BCUT2D eigenvalue weighted by atomic mass is 10.0. The van der Waals surface area contributed by atoms with Crippen LogP contribution in [0.2, 0.25) is 0 Å². The third kappa shape index (κ3) is 8.33. The Labute approximate surface area is 215 Å². The second-order valence-corrected chi connectivity index (χ2v) is 10.0. The molecule has 1 N–H and O–H groups in total. The van der Waals surface area contributed by atoms with E-state index in [4.69, 9.17) is 0 Å². The fraction of sp³-hybridized carbons (Fsp3) is 0.286. The van der Waals surface area contributed by atoms with E-state index >= 15 is 0 Å². The molecule has 0 heterocycles. The van der Waals surface area contributed by atoms with Crippen molar-refractivity contribution < 1.29 is 9.59 Å². The van der Waals surface area contributed by atoms with Crippen molar-refractivity contribution in [3.05, 3.63) is 106 Å². The van der Waals surface area contributed by atoms with Crippen LogP contribution in [-0.4, -0.2) is 35.1 Å². The maximum Gasteiger partial charge on any atom is 0.243 e. The number of hydrogen-bond donors (Lipinski definition) is 1. The fourth-order valence-corrected chi connectivity index (χ4v) is 4.75. The number of nitrogens with one attached hydrogen (secondary N) is 1. The highest BCUT2D eigenvalue weighted by molar-refractivity contribution is 9.10. The van der Waals surface area contributed by atoms with Crippen LogP contribution >= 0.6 is 27.7 Å². The first-order chi connectivity index (χ1) is 16.6. The Hall–Kier alpha value is -2.57. The van der Waals surface area contributed by atoms with E-state index in [0.717, 1.165) is 33.3 Å². The van der Waals surface area contributed by atoms with Crippen LogP contribution in [0.4, 0.5) is 0 Å². The molecule has 3 aromatic carbocycles. The molecule has 3 aromatic rings. The first-order valence-corrected chi connectivity index (χ1v) is 13.5. The Bertz CT molecular complexity index is 1030. The molecular weight excluding hydrogens is 508 g/mol. The van der Waals surface area contributed by atoms with Crippen molar-refractivity contribution in [3.8, 4) is 0 Å². The van der Waals surface area contributed by atoms with Gasteiger partial charge in [-0.2, -0.15) is 0 Å². The maximum atomic E-state index is 13.5. The van der Waals surface area contributed by atoms with Gasteiger partial charge in [-0.3, -0.25) is 9.59 Å². The lowest BCUT2D eigenvalue weighted by Crippen LogP contribution is -2.51. The minimum absolute atomic E-state index is 0.0291. The highest BCUT2D eigenvalue weighted by atomic mass is 79.9. The van der Waals surface area contributed by atoms with E-state index in [-0.39, 0.29) is 11.8 Å². The summed E-state index contributed by atoms with van der Waals surface area (Å²) in [5.74, 6) is 0.921. The van der Waals surface area contributed by atoms with Crippen LogP contribution in [0, 0.1) is 0 Å². The predicted molar refractivity (Wildman–Crippen MR) is 145 cm³/mol. The number of carbonyl (C=O) groups is 2. The largest absolute Gasteiger partial charge is 0.354 e. The first-order valence-electron chi connectivity index (χ1n) is 11.5. The van der Waals surface area contributed by atoms with E-state index in [1.165, 1.54) is 0 Å². The van der Waals surface area contributed by atoms with Gasteiger partial charge in [0.15, 0.2) is 0 Å². The molecule has 6 heteroatoms. The third-order valence-corrected chi connectivity index (χ3v) is 6.94. The van der Waals surface area contributed by atoms with Crippen molar-refractivity contribution in [2.75, 3.05) is 12.3 Å². The molecule has 0 aromatic heterocycles. The van der Waals surface area contributed by atoms with E-state index in [1.54, 1.807) is 16.7 Å². The third-order valence-electron chi connectivity index (χ3n) is 5.42. The zero-order valence-electron chi connectivity index (χ0n) is 19.5. The second-order valence-electron chi connectivity index (χ2n) is 8.12. The van der Waals surface area contributed by atoms with E-state index in [1.807, 2.05) is 79.7 Å². The molecule has 0 aliphatic carbocycles. The highest BCUT2D eigenvalue weighted by Crippen LogP contribution is 2.19. The zero-order chi connectivity index (χ0) is 24.2. The average Bonchev–Trinajstić information content (AvgIpc) is 2.87. The molecule has 1 unspecified atom stereocenters. The Kier molecular flexibility index (Phi) is 10.7. The van der Waals surface area contributed by atoms with Gasteiger partial charge < -0.3 is 10.2 Å². The Balaban J connectivity index is 1.79. The molecule has 0 saturated heterocycles. The van der Waals surface area contributed by atoms with Crippen molar-refractivity contribution in [1.82, 2.24) is 10.2 Å². The number of benzene rings is 3. The Morgan fingerprint density at radius 1 is 0.882 bits per heavy atom. The van der Waals surface area contributed by atoms with Gasteiger partial charge in [-0.05, 0) is 35.2 Å². The summed E-state index contributed by atoms with van der Waals surface area (Å²) in [7, 11) is 0. The molecule has 0 bridgehead atoms. The van der Waals surface area contributed by atoms with Crippen molar-refractivity contribution in [3.63, 3.8) is 0 Å². The summed E-state index contributed by atoms with van der Waals surface area (Å²) in [4.78, 5) is 28.5. The van der Waals surface area contributed by atoms with Gasteiger partial charge in [-0.25, -0.2) is 0 Å². The van der Waals surface area contributed by atoms with Crippen LogP contribution in [-0.2, 0) is 28.3 Å². The minimum atomic E-state index is -0.574. The van der Waals surface area contributed by atoms with Crippen molar-refractivity contribution >= 4 is 39.5 Å². The smallest absolute Gasteiger partial charge is 0.243 e. The number of carbonyl (C=O) groups excluding carboxylic acids is 2. The first kappa shape index (κ1) is 26.0. The van der Waals surface area contributed by atoms with Crippen LogP contribution in [0.3, 0.4) is 0 Å².